The van der Waals surface area contributed by atoms with Gasteiger partial charge in [-0.05, 0) is 48.7 Å². The van der Waals surface area contributed by atoms with Crippen LogP contribution in [0, 0.1) is 5.92 Å². The molecule has 172 valence electrons. The van der Waals surface area contributed by atoms with Crippen LogP contribution in [0.5, 0.6) is 0 Å². The Hall–Kier alpha value is -3.04. The highest BCUT2D eigenvalue weighted by atomic mass is 19.4. The minimum atomic E-state index is -5.06. The lowest BCUT2D eigenvalue weighted by molar-refractivity contribution is -0.143. The van der Waals surface area contributed by atoms with Crippen LogP contribution in [0.2, 0.25) is 0 Å². The molecular weight excluding hydrogens is 438 g/mol. The van der Waals surface area contributed by atoms with Gasteiger partial charge in [0.05, 0.1) is 11.1 Å². The number of nitrogens with zero attached hydrogens (tertiary/aromatic N) is 1. The van der Waals surface area contributed by atoms with Gasteiger partial charge in [-0.1, -0.05) is 19.9 Å². The highest BCUT2D eigenvalue weighted by molar-refractivity contribution is 6.05. The number of halogens is 6. The molecule has 0 aromatic heterocycles. The largest absolute Gasteiger partial charge is 0.416 e. The Balaban J connectivity index is 1.94. The smallest absolute Gasteiger partial charge is 0.322 e. The molecule has 3 rings (SSSR count). The summed E-state index contributed by atoms with van der Waals surface area (Å²) in [6.07, 6.45) is -8.66. The van der Waals surface area contributed by atoms with Crippen LogP contribution in [-0.4, -0.2) is 18.4 Å². The van der Waals surface area contributed by atoms with Crippen molar-refractivity contribution in [1.82, 2.24) is 0 Å². The molecule has 1 aliphatic rings. The Morgan fingerprint density at radius 1 is 0.938 bits per heavy atom. The summed E-state index contributed by atoms with van der Waals surface area (Å²) >= 11 is 0. The fourth-order valence-electron chi connectivity index (χ4n) is 3.48. The average Bonchev–Trinajstić information content (AvgIpc) is 2.71. The van der Waals surface area contributed by atoms with Crippen LogP contribution in [0.1, 0.15) is 47.3 Å². The number of carbonyl (C=O) groups excluding carboxylic acids is 2. The highest BCUT2D eigenvalue weighted by Gasteiger charge is 2.37. The maximum Gasteiger partial charge on any atom is 0.416 e. The molecule has 1 N–H and O–H groups in total. The van der Waals surface area contributed by atoms with E-state index in [-0.39, 0.29) is 23.6 Å². The number of hydrogen-bond donors (Lipinski definition) is 1. The number of rotatable bonds is 3. The third-order valence-corrected chi connectivity index (χ3v) is 5.07. The first kappa shape index (κ1) is 23.6. The molecule has 2 aromatic rings. The van der Waals surface area contributed by atoms with Gasteiger partial charge in [0.15, 0.2) is 0 Å². The van der Waals surface area contributed by atoms with Crippen LogP contribution in [-0.2, 0) is 23.6 Å². The predicted molar refractivity (Wildman–Crippen MR) is 106 cm³/mol. The molecule has 0 unspecified atom stereocenters. The molecule has 1 heterocycles. The fourth-order valence-corrected chi connectivity index (χ4v) is 3.48. The van der Waals surface area contributed by atoms with E-state index in [9.17, 15) is 35.9 Å². The topological polar surface area (TPSA) is 49.4 Å². The number of anilines is 2. The lowest BCUT2D eigenvalue weighted by Crippen LogP contribution is -2.38. The number of hydrogen-bond acceptors (Lipinski definition) is 2. The Morgan fingerprint density at radius 2 is 1.53 bits per heavy atom. The van der Waals surface area contributed by atoms with Gasteiger partial charge in [-0.15, -0.1) is 0 Å². The Morgan fingerprint density at radius 3 is 2.06 bits per heavy atom. The molecule has 4 nitrogen and oxygen atoms in total. The first-order valence-corrected chi connectivity index (χ1v) is 9.82. The Bertz CT molecular complexity index is 1010. The Kier molecular flexibility index (Phi) is 6.26. The lowest BCUT2D eigenvalue weighted by atomic mass is 9.99. The summed E-state index contributed by atoms with van der Waals surface area (Å²) in [6, 6.07) is 5.39. The molecule has 0 bridgehead atoms. The van der Waals surface area contributed by atoms with Gasteiger partial charge < -0.3 is 10.2 Å². The number of carbonyl (C=O) groups is 2. The van der Waals surface area contributed by atoms with Crippen LogP contribution in [0.3, 0.4) is 0 Å². The molecule has 0 spiro atoms. The third-order valence-electron chi connectivity index (χ3n) is 5.07. The van der Waals surface area contributed by atoms with Crippen molar-refractivity contribution < 1.29 is 35.9 Å². The molecule has 0 saturated carbocycles. The fraction of sp³-hybridized carbons (Fsp3) is 0.364. The van der Waals surface area contributed by atoms with Crippen molar-refractivity contribution >= 4 is 23.2 Å². The normalized spacial score (nSPS) is 14.3. The standard InChI is InChI=1S/C22H20F6N2O2/c1-12(2)20(32)30-7-3-4-13-5-6-17(11-18(13)30)29-19(31)14-8-15(21(23,24)25)10-16(9-14)22(26,27)28/h5-6,8-12H,3-4,7H2,1-2H3,(H,29,31). The summed E-state index contributed by atoms with van der Waals surface area (Å²) in [5.74, 6) is -1.52. The summed E-state index contributed by atoms with van der Waals surface area (Å²) in [4.78, 5) is 26.6. The number of alkyl halides is 6. The number of nitrogens with one attached hydrogen (secondary N) is 1. The van der Waals surface area contributed by atoms with E-state index in [1.165, 1.54) is 12.1 Å². The third kappa shape index (κ3) is 5.05. The number of benzene rings is 2. The first-order valence-electron chi connectivity index (χ1n) is 9.82. The zero-order valence-electron chi connectivity index (χ0n) is 17.2. The van der Waals surface area contributed by atoms with Crippen molar-refractivity contribution in [2.45, 2.75) is 39.0 Å². The predicted octanol–water partition coefficient (Wildman–Crippen LogP) is 5.91. The molecule has 1 aliphatic heterocycles. The van der Waals surface area contributed by atoms with Crippen molar-refractivity contribution in [3.8, 4) is 0 Å². The Labute approximate surface area is 180 Å². The lowest BCUT2D eigenvalue weighted by Gasteiger charge is -2.31. The van der Waals surface area contributed by atoms with Crippen LogP contribution < -0.4 is 10.2 Å². The minimum absolute atomic E-state index is 0.0366. The molecule has 32 heavy (non-hydrogen) atoms. The molecule has 0 fully saturated rings. The minimum Gasteiger partial charge on any atom is -0.322 e. The molecule has 0 saturated heterocycles. The van der Waals surface area contributed by atoms with Gasteiger partial charge in [-0.25, -0.2) is 0 Å². The van der Waals surface area contributed by atoms with E-state index in [0.29, 0.717) is 30.8 Å². The molecule has 2 amide bonds. The second-order valence-corrected chi connectivity index (χ2v) is 7.84. The van der Waals surface area contributed by atoms with Gasteiger partial charge in [-0.2, -0.15) is 26.3 Å². The van der Waals surface area contributed by atoms with Gasteiger partial charge in [0.1, 0.15) is 0 Å². The zero-order valence-corrected chi connectivity index (χ0v) is 17.2. The average molecular weight is 458 g/mol. The zero-order chi connectivity index (χ0) is 23.8. The van der Waals surface area contributed by atoms with Gasteiger partial charge in [0, 0.05) is 29.4 Å². The molecule has 0 aliphatic carbocycles. The second-order valence-electron chi connectivity index (χ2n) is 7.84. The second kappa shape index (κ2) is 8.48. The van der Waals surface area contributed by atoms with Crippen LogP contribution in [0.15, 0.2) is 36.4 Å². The van der Waals surface area contributed by atoms with Crippen molar-refractivity contribution in [3.63, 3.8) is 0 Å². The summed E-state index contributed by atoms with van der Waals surface area (Å²) in [5, 5.41) is 2.34. The van der Waals surface area contributed by atoms with Crippen LogP contribution in [0.25, 0.3) is 0 Å². The van der Waals surface area contributed by atoms with Crippen molar-refractivity contribution in [2.24, 2.45) is 5.92 Å². The first-order chi connectivity index (χ1) is 14.8. The molecule has 0 atom stereocenters. The monoisotopic (exact) mass is 458 g/mol. The van der Waals surface area contributed by atoms with Gasteiger partial charge >= 0.3 is 12.4 Å². The molecule has 2 aromatic carbocycles. The maximum absolute atomic E-state index is 13.1. The van der Waals surface area contributed by atoms with E-state index >= 15 is 0 Å². The van der Waals surface area contributed by atoms with Crippen LogP contribution >= 0.6 is 0 Å². The van der Waals surface area contributed by atoms with Crippen molar-refractivity contribution in [1.29, 1.82) is 0 Å². The van der Waals surface area contributed by atoms with E-state index < -0.39 is 35.0 Å². The number of aryl methyl sites for hydroxylation is 1. The SMILES string of the molecule is CC(C)C(=O)N1CCCc2ccc(NC(=O)c3cc(C(F)(F)F)cc(C(F)(F)F)c3)cc21. The van der Waals surface area contributed by atoms with E-state index in [2.05, 4.69) is 5.32 Å². The van der Waals surface area contributed by atoms with E-state index in [1.54, 1.807) is 24.8 Å². The van der Waals surface area contributed by atoms with Gasteiger partial charge in [-0.3, -0.25) is 9.59 Å². The summed E-state index contributed by atoms with van der Waals surface area (Å²) in [5.41, 5.74) is -2.34. The van der Waals surface area contributed by atoms with E-state index in [0.717, 1.165) is 12.0 Å². The summed E-state index contributed by atoms with van der Waals surface area (Å²) in [7, 11) is 0. The summed E-state index contributed by atoms with van der Waals surface area (Å²) in [6.45, 7) is 3.96. The maximum atomic E-state index is 13.1. The van der Waals surface area contributed by atoms with E-state index in [4.69, 9.17) is 0 Å². The molecule has 10 heteroatoms. The van der Waals surface area contributed by atoms with Gasteiger partial charge in [0.25, 0.3) is 5.91 Å². The number of amides is 2. The van der Waals surface area contributed by atoms with Gasteiger partial charge in [0.2, 0.25) is 5.91 Å². The number of fused-ring (bicyclic) bond motifs is 1. The van der Waals surface area contributed by atoms with E-state index in [1.807, 2.05) is 0 Å². The highest BCUT2D eigenvalue weighted by Crippen LogP contribution is 2.37. The molecular formula is C22H20F6N2O2. The van der Waals surface area contributed by atoms with Crippen molar-refractivity contribution in [3.05, 3.63) is 58.7 Å². The van der Waals surface area contributed by atoms with Crippen LogP contribution in [0.4, 0.5) is 37.7 Å². The quantitative estimate of drug-likeness (QED) is 0.582. The summed E-state index contributed by atoms with van der Waals surface area (Å²) < 4.78 is 78.4. The molecule has 0 radical (unpaired) electrons. The van der Waals surface area contributed by atoms with Crippen molar-refractivity contribution in [2.75, 3.05) is 16.8 Å².